The van der Waals surface area contributed by atoms with Gasteiger partial charge in [-0.1, -0.05) is 20.8 Å². The molecule has 0 aromatic rings. The lowest BCUT2D eigenvalue weighted by molar-refractivity contribution is -0.182. The molecule has 0 amide bonds. The highest BCUT2D eigenvalue weighted by atomic mass is 16.6. The van der Waals surface area contributed by atoms with E-state index in [1.54, 1.807) is 6.92 Å². The summed E-state index contributed by atoms with van der Waals surface area (Å²) in [5, 5.41) is 0. The summed E-state index contributed by atoms with van der Waals surface area (Å²) >= 11 is 0. The van der Waals surface area contributed by atoms with Crippen molar-refractivity contribution in [1.29, 1.82) is 0 Å². The van der Waals surface area contributed by atoms with Gasteiger partial charge in [0.05, 0.1) is 0 Å². The molecule has 0 spiro atoms. The molecule has 0 aromatic carbocycles. The Bertz CT molecular complexity index is 613. The molecule has 0 unspecified atom stereocenters. The molecular formula is C23H36O3. The molecule has 3 nitrogen and oxygen atoms in total. The second-order valence-corrected chi connectivity index (χ2v) is 10.4. The third-order valence-corrected chi connectivity index (χ3v) is 9.52. The lowest BCUT2D eigenvalue weighted by Gasteiger charge is -2.61. The van der Waals surface area contributed by atoms with E-state index < -0.39 is 0 Å². The second-order valence-electron chi connectivity index (χ2n) is 10.4. The summed E-state index contributed by atoms with van der Waals surface area (Å²) in [5.41, 5.74) is 0.119. The Morgan fingerprint density at radius 2 is 1.85 bits per heavy atom. The number of carbonyl (C=O) groups is 2. The number of ketones is 1. The number of carbonyl (C=O) groups excluding carboxylic acids is 2. The third kappa shape index (κ3) is 2.52. The topological polar surface area (TPSA) is 43.4 Å². The van der Waals surface area contributed by atoms with E-state index >= 15 is 0 Å². The predicted octanol–water partition coefficient (Wildman–Crippen LogP) is 5.31. The SMILES string of the molecule is CC[C@]1(OC(C)=O)CC[C@@]2(C)[C@@H](CC[C@@H]3[C@@H]2CC[C@]2(C)C(=O)CC[C@@H]32)C1. The van der Waals surface area contributed by atoms with Crippen LogP contribution in [0.5, 0.6) is 0 Å². The molecule has 7 atom stereocenters. The molecule has 3 heteroatoms. The van der Waals surface area contributed by atoms with Crippen LogP contribution >= 0.6 is 0 Å². The average Bonchev–Trinajstić information content (AvgIpc) is 2.90. The van der Waals surface area contributed by atoms with Gasteiger partial charge >= 0.3 is 5.97 Å². The van der Waals surface area contributed by atoms with Crippen LogP contribution in [0.25, 0.3) is 0 Å². The Morgan fingerprint density at radius 1 is 1.08 bits per heavy atom. The van der Waals surface area contributed by atoms with Crippen LogP contribution in [0.1, 0.15) is 91.9 Å². The normalized spacial score (nSPS) is 50.5. The average molecular weight is 361 g/mol. The van der Waals surface area contributed by atoms with Crippen molar-refractivity contribution in [2.75, 3.05) is 0 Å². The Morgan fingerprint density at radius 3 is 2.54 bits per heavy atom. The van der Waals surface area contributed by atoms with Crippen molar-refractivity contribution in [2.45, 2.75) is 97.5 Å². The van der Waals surface area contributed by atoms with Gasteiger partial charge in [-0.25, -0.2) is 0 Å². The Hall–Kier alpha value is -0.860. The number of ether oxygens (including phenoxy) is 1. The van der Waals surface area contributed by atoms with Crippen LogP contribution < -0.4 is 0 Å². The molecule has 0 N–H and O–H groups in total. The van der Waals surface area contributed by atoms with Crippen LogP contribution in [0.4, 0.5) is 0 Å². The monoisotopic (exact) mass is 360 g/mol. The van der Waals surface area contributed by atoms with E-state index in [9.17, 15) is 9.59 Å². The van der Waals surface area contributed by atoms with Gasteiger partial charge in [-0.15, -0.1) is 0 Å². The molecule has 0 bridgehead atoms. The number of esters is 1. The molecule has 4 aliphatic rings. The fourth-order valence-electron chi connectivity index (χ4n) is 7.87. The molecule has 4 aliphatic carbocycles. The predicted molar refractivity (Wildman–Crippen MR) is 102 cm³/mol. The van der Waals surface area contributed by atoms with Crippen molar-refractivity contribution in [3.8, 4) is 0 Å². The van der Waals surface area contributed by atoms with Crippen LogP contribution in [0, 0.1) is 34.5 Å². The van der Waals surface area contributed by atoms with Crippen LogP contribution in [0.15, 0.2) is 0 Å². The molecule has 4 saturated carbocycles. The number of hydrogen-bond acceptors (Lipinski definition) is 3. The van der Waals surface area contributed by atoms with E-state index in [2.05, 4.69) is 20.8 Å². The molecule has 0 aromatic heterocycles. The number of hydrogen-bond donors (Lipinski definition) is 0. The lowest BCUT2D eigenvalue weighted by Crippen LogP contribution is -2.56. The van der Waals surface area contributed by atoms with E-state index in [-0.39, 0.29) is 17.0 Å². The summed E-state index contributed by atoms with van der Waals surface area (Å²) in [7, 11) is 0. The van der Waals surface area contributed by atoms with Crippen LogP contribution in [-0.4, -0.2) is 17.4 Å². The van der Waals surface area contributed by atoms with E-state index in [0.29, 0.717) is 23.0 Å². The summed E-state index contributed by atoms with van der Waals surface area (Å²) in [6.07, 6.45) is 11.0. The fourth-order valence-corrected chi connectivity index (χ4v) is 7.87. The summed E-state index contributed by atoms with van der Waals surface area (Å²) in [5.74, 6) is 3.21. The zero-order valence-electron chi connectivity index (χ0n) is 17.1. The first kappa shape index (κ1) is 18.5. The molecule has 4 rings (SSSR count). The van der Waals surface area contributed by atoms with Gasteiger partial charge in [-0.3, -0.25) is 9.59 Å². The largest absolute Gasteiger partial charge is 0.459 e. The van der Waals surface area contributed by atoms with Crippen LogP contribution in [0.3, 0.4) is 0 Å². The van der Waals surface area contributed by atoms with Crippen molar-refractivity contribution in [3.05, 3.63) is 0 Å². The Labute approximate surface area is 158 Å². The summed E-state index contributed by atoms with van der Waals surface area (Å²) in [6.45, 7) is 8.52. The smallest absolute Gasteiger partial charge is 0.303 e. The summed E-state index contributed by atoms with van der Waals surface area (Å²) in [4.78, 5) is 24.2. The molecule has 0 aliphatic heterocycles. The number of rotatable bonds is 2. The Kier molecular flexibility index (Phi) is 4.32. The molecule has 26 heavy (non-hydrogen) atoms. The van der Waals surface area contributed by atoms with E-state index in [1.807, 2.05) is 0 Å². The lowest BCUT2D eigenvalue weighted by atomic mass is 9.44. The molecule has 0 heterocycles. The van der Waals surface area contributed by atoms with Crippen LogP contribution in [-0.2, 0) is 14.3 Å². The zero-order chi connectivity index (χ0) is 18.7. The highest BCUT2D eigenvalue weighted by Gasteiger charge is 2.61. The first-order valence-electron chi connectivity index (χ1n) is 11.0. The molecule has 0 saturated heterocycles. The molecular weight excluding hydrogens is 324 g/mol. The summed E-state index contributed by atoms with van der Waals surface area (Å²) < 4.78 is 5.87. The maximum absolute atomic E-state index is 12.5. The molecule has 4 fully saturated rings. The first-order chi connectivity index (χ1) is 12.2. The van der Waals surface area contributed by atoms with Gasteiger partial charge in [0.25, 0.3) is 0 Å². The quantitative estimate of drug-likeness (QED) is 0.627. The minimum absolute atomic E-state index is 0.0239. The fraction of sp³-hybridized carbons (Fsp3) is 0.913. The maximum atomic E-state index is 12.5. The van der Waals surface area contributed by atoms with Gasteiger partial charge in [0.2, 0.25) is 0 Å². The van der Waals surface area contributed by atoms with Crippen LogP contribution in [0.2, 0.25) is 0 Å². The van der Waals surface area contributed by atoms with E-state index in [4.69, 9.17) is 4.74 Å². The molecule has 146 valence electrons. The van der Waals surface area contributed by atoms with Crippen molar-refractivity contribution >= 4 is 11.8 Å². The van der Waals surface area contributed by atoms with Crippen molar-refractivity contribution < 1.29 is 14.3 Å². The zero-order valence-corrected chi connectivity index (χ0v) is 17.1. The number of Topliss-reactive ketones (excluding diaryl/α,β-unsaturated/α-hetero) is 1. The van der Waals surface area contributed by atoms with Gasteiger partial charge in [-0.2, -0.15) is 0 Å². The van der Waals surface area contributed by atoms with E-state index in [1.165, 1.54) is 25.7 Å². The summed E-state index contributed by atoms with van der Waals surface area (Å²) in [6, 6.07) is 0. The highest BCUT2D eigenvalue weighted by molar-refractivity contribution is 5.87. The van der Waals surface area contributed by atoms with Gasteiger partial charge < -0.3 is 4.74 Å². The van der Waals surface area contributed by atoms with Gasteiger partial charge in [-0.05, 0) is 86.9 Å². The first-order valence-corrected chi connectivity index (χ1v) is 11.0. The minimum Gasteiger partial charge on any atom is -0.459 e. The highest BCUT2D eigenvalue weighted by Crippen LogP contribution is 2.66. The Balaban J connectivity index is 1.58. The molecule has 0 radical (unpaired) electrons. The van der Waals surface area contributed by atoms with Gasteiger partial charge in [0.15, 0.2) is 0 Å². The minimum atomic E-state index is -0.227. The second kappa shape index (κ2) is 6.07. The number of fused-ring (bicyclic) bond motifs is 5. The van der Waals surface area contributed by atoms with Crippen molar-refractivity contribution in [1.82, 2.24) is 0 Å². The third-order valence-electron chi connectivity index (χ3n) is 9.52. The van der Waals surface area contributed by atoms with E-state index in [0.717, 1.165) is 50.4 Å². The van der Waals surface area contributed by atoms with Crippen molar-refractivity contribution in [2.24, 2.45) is 34.5 Å². The van der Waals surface area contributed by atoms with Gasteiger partial charge in [0, 0.05) is 18.8 Å². The maximum Gasteiger partial charge on any atom is 0.303 e. The van der Waals surface area contributed by atoms with Crippen molar-refractivity contribution in [3.63, 3.8) is 0 Å². The van der Waals surface area contributed by atoms with Gasteiger partial charge in [0.1, 0.15) is 11.4 Å². The standard InChI is InChI=1S/C23H36O3/c1-5-23(26-15(2)24)13-12-21(3)16(14-23)6-7-17-18-8-9-20(25)22(18,4)11-10-19(17)21/h16-19H,5-14H2,1-4H3/t16-,17-,18-,19-,21-,22-,23-/m0/s1.